The maximum Gasteiger partial charge on any atom is 0.146 e. The Bertz CT molecular complexity index is 286. The molecule has 0 aromatic heterocycles. The predicted octanol–water partition coefficient (Wildman–Crippen LogP) is 2.83. The molecule has 0 unspecified atom stereocenters. The molecule has 0 atom stereocenters. The summed E-state index contributed by atoms with van der Waals surface area (Å²) < 4.78 is 13.4. The van der Waals surface area contributed by atoms with E-state index in [4.69, 9.17) is 0 Å². The molecule has 1 nitrogen and oxygen atoms in total. The minimum atomic E-state index is -0.150. The van der Waals surface area contributed by atoms with Crippen LogP contribution in [-0.4, -0.2) is 19.4 Å². The van der Waals surface area contributed by atoms with Crippen LogP contribution in [0.4, 0.5) is 10.1 Å². The van der Waals surface area contributed by atoms with Gasteiger partial charge < -0.3 is 4.90 Å². The highest BCUT2D eigenvalue weighted by Gasteiger charge is 2.04. The fraction of sp³-hybridized carbons (Fsp3) is 0.400. The van der Waals surface area contributed by atoms with E-state index >= 15 is 0 Å². The van der Waals surface area contributed by atoms with E-state index in [9.17, 15) is 4.39 Å². The lowest BCUT2D eigenvalue weighted by Gasteiger charge is -2.13. The second-order valence-electron chi connectivity index (χ2n) is 3.12. The van der Waals surface area contributed by atoms with Crippen LogP contribution in [0.3, 0.4) is 0 Å². The smallest absolute Gasteiger partial charge is 0.146 e. The van der Waals surface area contributed by atoms with Crippen LogP contribution in [0.15, 0.2) is 18.2 Å². The Morgan fingerprint density at radius 2 is 2.08 bits per heavy atom. The van der Waals surface area contributed by atoms with Gasteiger partial charge >= 0.3 is 0 Å². The third-order valence-electron chi connectivity index (χ3n) is 1.88. The molecule has 13 heavy (non-hydrogen) atoms. The minimum absolute atomic E-state index is 0.150. The molecule has 0 N–H and O–H groups in total. The monoisotopic (exact) mass is 245 g/mol. The molecular weight excluding hydrogens is 233 g/mol. The summed E-state index contributed by atoms with van der Waals surface area (Å²) in [7, 11) is 3.67. The van der Waals surface area contributed by atoms with Gasteiger partial charge in [-0.3, -0.25) is 0 Å². The van der Waals surface area contributed by atoms with Gasteiger partial charge in [-0.1, -0.05) is 22.0 Å². The van der Waals surface area contributed by atoms with Gasteiger partial charge in [0.25, 0.3) is 0 Å². The minimum Gasteiger partial charge on any atom is -0.375 e. The van der Waals surface area contributed by atoms with Gasteiger partial charge in [-0.25, -0.2) is 4.39 Å². The Morgan fingerprint density at radius 1 is 1.38 bits per heavy atom. The van der Waals surface area contributed by atoms with E-state index in [0.29, 0.717) is 5.69 Å². The van der Waals surface area contributed by atoms with Crippen LogP contribution in [0.5, 0.6) is 0 Å². The zero-order valence-corrected chi connectivity index (χ0v) is 9.44. The van der Waals surface area contributed by atoms with Crippen molar-refractivity contribution in [1.82, 2.24) is 0 Å². The Balaban J connectivity index is 2.92. The second-order valence-corrected chi connectivity index (χ2v) is 3.91. The van der Waals surface area contributed by atoms with Crippen LogP contribution in [0.1, 0.15) is 5.56 Å². The molecule has 3 heteroatoms. The summed E-state index contributed by atoms with van der Waals surface area (Å²) in [6.45, 7) is 0. The normalized spacial score (nSPS) is 10.2. The van der Waals surface area contributed by atoms with E-state index in [0.717, 1.165) is 17.3 Å². The summed E-state index contributed by atoms with van der Waals surface area (Å²) in [5.41, 5.74) is 1.67. The average molecular weight is 246 g/mol. The summed E-state index contributed by atoms with van der Waals surface area (Å²) >= 11 is 3.33. The summed E-state index contributed by atoms with van der Waals surface area (Å²) in [5, 5.41) is 0.869. The first-order chi connectivity index (χ1) is 6.15. The second kappa shape index (κ2) is 4.61. The highest BCUT2D eigenvalue weighted by Crippen LogP contribution is 2.18. The van der Waals surface area contributed by atoms with Crippen LogP contribution >= 0.6 is 15.9 Å². The Kier molecular flexibility index (Phi) is 3.72. The van der Waals surface area contributed by atoms with Gasteiger partial charge in [0.2, 0.25) is 0 Å². The fourth-order valence-electron chi connectivity index (χ4n) is 1.18. The van der Waals surface area contributed by atoms with E-state index in [1.165, 1.54) is 0 Å². The third-order valence-corrected chi connectivity index (χ3v) is 2.27. The molecule has 0 saturated heterocycles. The van der Waals surface area contributed by atoms with Crippen LogP contribution in [0, 0.1) is 5.82 Å². The Morgan fingerprint density at radius 3 is 2.54 bits per heavy atom. The molecule has 0 fully saturated rings. The number of benzene rings is 1. The molecule has 0 aliphatic carbocycles. The predicted molar refractivity (Wildman–Crippen MR) is 58.2 cm³/mol. The molecule has 0 amide bonds. The molecule has 1 aromatic carbocycles. The van der Waals surface area contributed by atoms with E-state index in [1.54, 1.807) is 11.0 Å². The number of aryl methyl sites for hydroxylation is 1. The van der Waals surface area contributed by atoms with Crippen molar-refractivity contribution in [3.05, 3.63) is 29.6 Å². The molecule has 0 spiro atoms. The Hall–Kier alpha value is -0.570. The number of hydrogen-bond donors (Lipinski definition) is 0. The highest BCUT2D eigenvalue weighted by molar-refractivity contribution is 9.09. The summed E-state index contributed by atoms with van der Waals surface area (Å²) in [6.07, 6.45) is 0.866. The van der Waals surface area contributed by atoms with Crippen molar-refractivity contribution in [2.24, 2.45) is 0 Å². The van der Waals surface area contributed by atoms with Crippen LogP contribution in [-0.2, 0) is 6.42 Å². The van der Waals surface area contributed by atoms with Gasteiger partial charge in [0.15, 0.2) is 0 Å². The molecule has 0 bridgehead atoms. The van der Waals surface area contributed by atoms with Gasteiger partial charge in [0.1, 0.15) is 5.82 Å². The largest absolute Gasteiger partial charge is 0.375 e. The molecule has 72 valence electrons. The zero-order chi connectivity index (χ0) is 9.84. The lowest BCUT2D eigenvalue weighted by Crippen LogP contribution is -2.10. The standard InChI is InChI=1S/C10H13BrFN/c1-13(2)10-4-3-8(5-6-11)7-9(10)12/h3-4,7H,5-6H2,1-2H3. The molecule has 1 aromatic rings. The Labute approximate surface area is 86.7 Å². The average Bonchev–Trinajstić information content (AvgIpc) is 2.04. The fourth-order valence-corrected chi connectivity index (χ4v) is 1.64. The van der Waals surface area contributed by atoms with Crippen molar-refractivity contribution in [2.75, 3.05) is 24.3 Å². The summed E-state index contributed by atoms with van der Waals surface area (Å²) in [6, 6.07) is 5.36. The number of rotatable bonds is 3. The quantitative estimate of drug-likeness (QED) is 0.741. The van der Waals surface area contributed by atoms with E-state index in [-0.39, 0.29) is 5.82 Å². The number of anilines is 1. The molecule has 0 aliphatic rings. The summed E-state index contributed by atoms with van der Waals surface area (Å²) in [4.78, 5) is 1.77. The van der Waals surface area contributed by atoms with Crippen molar-refractivity contribution in [2.45, 2.75) is 6.42 Å². The first-order valence-electron chi connectivity index (χ1n) is 4.17. The number of halogens is 2. The first kappa shape index (κ1) is 10.5. The maximum absolute atomic E-state index is 13.4. The van der Waals surface area contributed by atoms with Crippen LogP contribution in [0.2, 0.25) is 0 Å². The molecule has 0 aliphatic heterocycles. The first-order valence-corrected chi connectivity index (χ1v) is 5.29. The van der Waals surface area contributed by atoms with Gasteiger partial charge in [-0.2, -0.15) is 0 Å². The van der Waals surface area contributed by atoms with Crippen LogP contribution in [0.25, 0.3) is 0 Å². The summed E-state index contributed by atoms with van der Waals surface area (Å²) in [5.74, 6) is -0.150. The molecular formula is C10H13BrFN. The molecule has 0 radical (unpaired) electrons. The topological polar surface area (TPSA) is 3.24 Å². The van der Waals surface area contributed by atoms with E-state index in [1.807, 2.05) is 26.2 Å². The zero-order valence-electron chi connectivity index (χ0n) is 7.85. The van der Waals surface area contributed by atoms with E-state index in [2.05, 4.69) is 15.9 Å². The van der Waals surface area contributed by atoms with Crippen molar-refractivity contribution in [3.63, 3.8) is 0 Å². The lowest BCUT2D eigenvalue weighted by molar-refractivity contribution is 0.624. The van der Waals surface area contributed by atoms with Gasteiger partial charge in [-0.05, 0) is 24.1 Å². The number of alkyl halides is 1. The van der Waals surface area contributed by atoms with Crippen molar-refractivity contribution in [1.29, 1.82) is 0 Å². The molecule has 0 saturated carbocycles. The van der Waals surface area contributed by atoms with Crippen LogP contribution < -0.4 is 4.90 Å². The van der Waals surface area contributed by atoms with Gasteiger partial charge in [0, 0.05) is 19.4 Å². The van der Waals surface area contributed by atoms with Crippen molar-refractivity contribution >= 4 is 21.6 Å². The van der Waals surface area contributed by atoms with Crippen molar-refractivity contribution in [3.8, 4) is 0 Å². The lowest BCUT2D eigenvalue weighted by atomic mass is 10.1. The number of hydrogen-bond acceptors (Lipinski definition) is 1. The van der Waals surface area contributed by atoms with Gasteiger partial charge in [0.05, 0.1) is 5.69 Å². The molecule has 0 heterocycles. The SMILES string of the molecule is CN(C)c1ccc(CCBr)cc1F. The number of nitrogens with zero attached hydrogens (tertiary/aromatic N) is 1. The van der Waals surface area contributed by atoms with Gasteiger partial charge in [-0.15, -0.1) is 0 Å². The molecule has 1 rings (SSSR count). The maximum atomic E-state index is 13.4. The van der Waals surface area contributed by atoms with E-state index < -0.39 is 0 Å². The highest BCUT2D eigenvalue weighted by atomic mass is 79.9. The van der Waals surface area contributed by atoms with Crippen molar-refractivity contribution < 1.29 is 4.39 Å². The third kappa shape index (κ3) is 2.69.